The second-order valence-electron chi connectivity index (χ2n) is 5.33. The van der Waals surface area contributed by atoms with E-state index in [4.69, 9.17) is 0 Å². The number of benzene rings is 1. The maximum Gasteiger partial charge on any atom is 0.137 e. The van der Waals surface area contributed by atoms with E-state index in [1.165, 1.54) is 16.9 Å². The molecule has 0 atom stereocenters. The average Bonchev–Trinajstić information content (AvgIpc) is 2.54. The van der Waals surface area contributed by atoms with Crippen LogP contribution in [0.25, 0.3) is 0 Å². The zero-order valence-corrected chi connectivity index (χ0v) is 12.7. The molecule has 2 aromatic rings. The Morgan fingerprint density at radius 2 is 1.90 bits per heavy atom. The molecule has 21 heavy (non-hydrogen) atoms. The number of nitrogens with zero attached hydrogens (tertiary/aromatic N) is 3. The Balaban J connectivity index is 2.00. The average molecular weight is 282 g/mol. The summed E-state index contributed by atoms with van der Waals surface area (Å²) in [6.07, 6.45) is 1.88. The van der Waals surface area contributed by atoms with Gasteiger partial charge < -0.3 is 15.1 Å². The first-order valence-electron chi connectivity index (χ1n) is 7.53. The first-order chi connectivity index (χ1) is 10.3. The monoisotopic (exact) mass is 282 g/mol. The Bertz CT molecular complexity index is 611. The molecule has 110 valence electrons. The minimum Gasteiger partial charge on any atom is -0.371 e. The van der Waals surface area contributed by atoms with Crippen molar-refractivity contribution in [1.82, 2.24) is 10.3 Å². The van der Waals surface area contributed by atoms with Gasteiger partial charge in [0.1, 0.15) is 5.82 Å². The van der Waals surface area contributed by atoms with Gasteiger partial charge in [-0.25, -0.2) is 4.98 Å². The van der Waals surface area contributed by atoms with Gasteiger partial charge in [-0.15, -0.1) is 0 Å². The molecular weight excluding hydrogens is 260 g/mol. The summed E-state index contributed by atoms with van der Waals surface area (Å²) in [5.41, 5.74) is 3.75. The lowest BCUT2D eigenvalue weighted by molar-refractivity contribution is 0.718. The highest BCUT2D eigenvalue weighted by molar-refractivity contribution is 5.78. The minimum atomic E-state index is 0.855. The van der Waals surface area contributed by atoms with Gasteiger partial charge in [-0.05, 0) is 24.7 Å². The van der Waals surface area contributed by atoms with Crippen molar-refractivity contribution < 1.29 is 0 Å². The van der Waals surface area contributed by atoms with E-state index < -0.39 is 0 Å². The zero-order chi connectivity index (χ0) is 14.7. The van der Waals surface area contributed by atoms with Gasteiger partial charge in [0.25, 0.3) is 0 Å². The van der Waals surface area contributed by atoms with Crippen LogP contribution in [-0.4, -0.2) is 31.7 Å². The van der Waals surface area contributed by atoms with Gasteiger partial charge in [0.2, 0.25) is 0 Å². The number of anilines is 3. The van der Waals surface area contributed by atoms with Gasteiger partial charge >= 0.3 is 0 Å². The van der Waals surface area contributed by atoms with Gasteiger partial charge in [-0.1, -0.05) is 25.1 Å². The quantitative estimate of drug-likeness (QED) is 0.934. The summed E-state index contributed by atoms with van der Waals surface area (Å²) in [6.45, 7) is 5.92. The van der Waals surface area contributed by atoms with Gasteiger partial charge in [0, 0.05) is 38.4 Å². The number of likely N-dealkylation sites (N-methyl/N-ethyl adjacent to an activating group) is 1. The van der Waals surface area contributed by atoms with Crippen LogP contribution in [0, 0.1) is 0 Å². The van der Waals surface area contributed by atoms with Gasteiger partial charge in [0.05, 0.1) is 11.4 Å². The highest BCUT2D eigenvalue weighted by Gasteiger charge is 2.23. The predicted octanol–water partition coefficient (Wildman–Crippen LogP) is 2.78. The van der Waals surface area contributed by atoms with Crippen LogP contribution in [0.5, 0.6) is 0 Å². The van der Waals surface area contributed by atoms with E-state index >= 15 is 0 Å². The summed E-state index contributed by atoms with van der Waals surface area (Å²) >= 11 is 0. The van der Waals surface area contributed by atoms with Crippen LogP contribution in [0.3, 0.4) is 0 Å². The number of aromatic nitrogens is 1. The Kier molecular flexibility index (Phi) is 4.06. The standard InChI is InChI=1S/C17H22N4/c1-3-18-13-14-7-6-10-19-17(14)21-12-11-20(2)15-8-4-5-9-16(15)21/h4-10,18H,3,11-13H2,1-2H3. The number of nitrogens with one attached hydrogen (secondary N) is 1. The lowest BCUT2D eigenvalue weighted by Crippen LogP contribution is -2.37. The van der Waals surface area contributed by atoms with E-state index in [2.05, 4.69) is 64.4 Å². The van der Waals surface area contributed by atoms with Crippen molar-refractivity contribution in [2.75, 3.05) is 36.5 Å². The van der Waals surface area contributed by atoms with E-state index in [1.807, 2.05) is 12.3 Å². The molecule has 1 aromatic carbocycles. The molecule has 0 unspecified atom stereocenters. The molecule has 0 saturated carbocycles. The van der Waals surface area contributed by atoms with Crippen LogP contribution in [-0.2, 0) is 6.54 Å². The van der Waals surface area contributed by atoms with E-state index in [9.17, 15) is 0 Å². The molecule has 1 aromatic heterocycles. The number of hydrogen-bond donors (Lipinski definition) is 1. The number of fused-ring (bicyclic) bond motifs is 1. The molecule has 0 fully saturated rings. The largest absolute Gasteiger partial charge is 0.371 e. The Labute approximate surface area is 126 Å². The first kappa shape index (κ1) is 13.9. The molecule has 0 radical (unpaired) electrons. The van der Waals surface area contributed by atoms with Crippen LogP contribution < -0.4 is 15.1 Å². The van der Waals surface area contributed by atoms with Crippen LogP contribution >= 0.6 is 0 Å². The number of pyridine rings is 1. The highest BCUT2D eigenvalue weighted by atomic mass is 15.3. The maximum absolute atomic E-state index is 4.65. The Morgan fingerprint density at radius 1 is 1.10 bits per heavy atom. The molecule has 0 bridgehead atoms. The van der Waals surface area contributed by atoms with Crippen molar-refractivity contribution in [2.45, 2.75) is 13.5 Å². The van der Waals surface area contributed by atoms with Gasteiger partial charge in [-0.2, -0.15) is 0 Å². The topological polar surface area (TPSA) is 31.4 Å². The summed E-state index contributed by atoms with van der Waals surface area (Å²) in [6, 6.07) is 12.7. The minimum absolute atomic E-state index is 0.855. The second-order valence-corrected chi connectivity index (χ2v) is 5.33. The fraction of sp³-hybridized carbons (Fsp3) is 0.353. The number of para-hydroxylation sites is 2. The SMILES string of the molecule is CCNCc1cccnc1N1CCN(C)c2ccccc21. The molecule has 1 aliphatic rings. The molecule has 0 spiro atoms. The van der Waals surface area contributed by atoms with Crippen LogP contribution in [0.1, 0.15) is 12.5 Å². The Morgan fingerprint density at radius 3 is 2.71 bits per heavy atom. The molecule has 4 heteroatoms. The fourth-order valence-corrected chi connectivity index (χ4v) is 2.80. The van der Waals surface area contributed by atoms with E-state index in [1.54, 1.807) is 0 Å². The fourth-order valence-electron chi connectivity index (χ4n) is 2.80. The van der Waals surface area contributed by atoms with Gasteiger partial charge in [0.15, 0.2) is 0 Å². The van der Waals surface area contributed by atoms with Crippen LogP contribution in [0.15, 0.2) is 42.6 Å². The third kappa shape index (κ3) is 2.72. The zero-order valence-electron chi connectivity index (χ0n) is 12.7. The van der Waals surface area contributed by atoms with Crippen molar-refractivity contribution in [3.8, 4) is 0 Å². The van der Waals surface area contributed by atoms with E-state index in [-0.39, 0.29) is 0 Å². The lowest BCUT2D eigenvalue weighted by Gasteiger charge is -2.37. The van der Waals surface area contributed by atoms with Crippen molar-refractivity contribution in [1.29, 1.82) is 0 Å². The molecule has 4 nitrogen and oxygen atoms in total. The molecule has 1 N–H and O–H groups in total. The van der Waals surface area contributed by atoms with Crippen molar-refractivity contribution >= 4 is 17.2 Å². The highest BCUT2D eigenvalue weighted by Crippen LogP contribution is 2.36. The van der Waals surface area contributed by atoms with Crippen LogP contribution in [0.4, 0.5) is 17.2 Å². The summed E-state index contributed by atoms with van der Waals surface area (Å²) in [4.78, 5) is 9.29. The molecule has 3 rings (SSSR count). The number of rotatable bonds is 4. The molecular formula is C17H22N4. The molecule has 2 heterocycles. The molecule has 0 saturated heterocycles. The normalized spacial score (nSPS) is 14.2. The van der Waals surface area contributed by atoms with E-state index in [0.29, 0.717) is 0 Å². The van der Waals surface area contributed by atoms with Crippen LogP contribution in [0.2, 0.25) is 0 Å². The second kappa shape index (κ2) is 6.14. The van der Waals surface area contributed by atoms with Crippen molar-refractivity contribution in [3.05, 3.63) is 48.2 Å². The molecule has 0 amide bonds. The summed E-state index contributed by atoms with van der Waals surface area (Å²) in [5.74, 6) is 1.07. The first-order valence-corrected chi connectivity index (χ1v) is 7.53. The van der Waals surface area contributed by atoms with Crippen molar-refractivity contribution in [2.24, 2.45) is 0 Å². The third-order valence-corrected chi connectivity index (χ3v) is 3.93. The van der Waals surface area contributed by atoms with Crippen molar-refractivity contribution in [3.63, 3.8) is 0 Å². The Hall–Kier alpha value is -2.07. The lowest BCUT2D eigenvalue weighted by atomic mass is 10.1. The smallest absolute Gasteiger partial charge is 0.137 e. The van der Waals surface area contributed by atoms with E-state index in [0.717, 1.165) is 32.0 Å². The molecule has 1 aliphatic heterocycles. The number of hydrogen-bond acceptors (Lipinski definition) is 4. The molecule has 0 aliphatic carbocycles. The third-order valence-electron chi connectivity index (χ3n) is 3.93. The summed E-state index contributed by atoms with van der Waals surface area (Å²) < 4.78 is 0. The predicted molar refractivity (Wildman–Crippen MR) is 88.3 cm³/mol. The summed E-state index contributed by atoms with van der Waals surface area (Å²) in [7, 11) is 2.15. The maximum atomic E-state index is 4.65. The summed E-state index contributed by atoms with van der Waals surface area (Å²) in [5, 5.41) is 3.40. The van der Waals surface area contributed by atoms with Gasteiger partial charge in [-0.3, -0.25) is 0 Å².